The summed E-state index contributed by atoms with van der Waals surface area (Å²) in [5.41, 5.74) is 0. The molecular formula is C9H14N4. The van der Waals surface area contributed by atoms with Crippen molar-refractivity contribution in [1.82, 2.24) is 14.9 Å². The van der Waals surface area contributed by atoms with Gasteiger partial charge in [0.1, 0.15) is 6.07 Å². The molecule has 0 radical (unpaired) electrons. The summed E-state index contributed by atoms with van der Waals surface area (Å²) in [6.07, 6.45) is 4.61. The highest BCUT2D eigenvalue weighted by Gasteiger charge is 1.98. The van der Waals surface area contributed by atoms with E-state index in [0.29, 0.717) is 5.82 Å². The highest BCUT2D eigenvalue weighted by molar-refractivity contribution is 5.10. The molecule has 4 heteroatoms. The van der Waals surface area contributed by atoms with Crippen LogP contribution in [-0.4, -0.2) is 22.6 Å². The summed E-state index contributed by atoms with van der Waals surface area (Å²) >= 11 is 0. The summed E-state index contributed by atoms with van der Waals surface area (Å²) in [7, 11) is 0. The van der Waals surface area contributed by atoms with Crippen molar-refractivity contribution in [3.63, 3.8) is 0 Å². The minimum Gasteiger partial charge on any atom is -0.321 e. The molecule has 70 valence electrons. The van der Waals surface area contributed by atoms with Crippen molar-refractivity contribution >= 4 is 0 Å². The molecule has 0 amide bonds. The van der Waals surface area contributed by atoms with Gasteiger partial charge in [-0.2, -0.15) is 5.26 Å². The third kappa shape index (κ3) is 2.88. The van der Waals surface area contributed by atoms with Crippen molar-refractivity contribution in [2.45, 2.75) is 19.9 Å². The van der Waals surface area contributed by atoms with Crippen LogP contribution in [0.25, 0.3) is 0 Å². The predicted octanol–water partition coefficient (Wildman–Crippen LogP) is 0.754. The zero-order valence-electron chi connectivity index (χ0n) is 7.82. The van der Waals surface area contributed by atoms with Crippen LogP contribution in [0.15, 0.2) is 12.4 Å². The average molecular weight is 178 g/mol. The second-order valence-corrected chi connectivity index (χ2v) is 2.81. The van der Waals surface area contributed by atoms with Crippen molar-refractivity contribution in [3.05, 3.63) is 18.2 Å². The largest absolute Gasteiger partial charge is 0.321 e. The molecule has 1 aromatic heterocycles. The van der Waals surface area contributed by atoms with Crippen LogP contribution in [0.3, 0.4) is 0 Å². The molecule has 13 heavy (non-hydrogen) atoms. The van der Waals surface area contributed by atoms with E-state index in [4.69, 9.17) is 5.26 Å². The first kappa shape index (κ1) is 9.75. The fourth-order valence-corrected chi connectivity index (χ4v) is 1.10. The van der Waals surface area contributed by atoms with E-state index in [9.17, 15) is 0 Å². The Kier molecular flexibility index (Phi) is 4.00. The lowest BCUT2D eigenvalue weighted by Gasteiger charge is -2.04. The smallest absolute Gasteiger partial charge is 0.212 e. The Morgan fingerprint density at radius 1 is 1.62 bits per heavy atom. The number of aromatic nitrogens is 2. The van der Waals surface area contributed by atoms with Gasteiger partial charge in [-0.25, -0.2) is 4.98 Å². The number of hydrogen-bond donors (Lipinski definition) is 1. The Bertz CT molecular complexity index is 284. The van der Waals surface area contributed by atoms with Crippen LogP contribution in [0.4, 0.5) is 0 Å². The number of hydrogen-bond acceptors (Lipinski definition) is 3. The third-order valence-electron chi connectivity index (χ3n) is 1.77. The Balaban J connectivity index is 2.33. The van der Waals surface area contributed by atoms with Gasteiger partial charge in [0.15, 0.2) is 0 Å². The Labute approximate surface area is 78.2 Å². The fourth-order valence-electron chi connectivity index (χ4n) is 1.10. The Morgan fingerprint density at radius 2 is 2.46 bits per heavy atom. The van der Waals surface area contributed by atoms with E-state index in [2.05, 4.69) is 17.2 Å². The quantitative estimate of drug-likeness (QED) is 0.677. The molecule has 0 fully saturated rings. The molecular weight excluding hydrogens is 164 g/mol. The van der Waals surface area contributed by atoms with Crippen LogP contribution in [-0.2, 0) is 6.54 Å². The SMILES string of the molecule is CCCNCCn1ccnc1C#N. The van der Waals surface area contributed by atoms with Crippen LogP contribution in [0, 0.1) is 11.3 Å². The lowest BCUT2D eigenvalue weighted by Crippen LogP contribution is -2.20. The standard InChI is InChI=1S/C9H14N4/c1-2-3-11-4-6-13-7-5-12-9(13)8-10/h5,7,11H,2-4,6H2,1H3. The van der Waals surface area contributed by atoms with Crippen molar-refractivity contribution in [3.8, 4) is 6.07 Å². The topological polar surface area (TPSA) is 53.6 Å². The van der Waals surface area contributed by atoms with E-state index in [0.717, 1.165) is 26.1 Å². The molecule has 4 nitrogen and oxygen atoms in total. The number of imidazole rings is 1. The summed E-state index contributed by atoms with van der Waals surface area (Å²) < 4.78 is 1.85. The molecule has 1 N–H and O–H groups in total. The van der Waals surface area contributed by atoms with E-state index in [1.807, 2.05) is 16.8 Å². The van der Waals surface area contributed by atoms with Crippen molar-refractivity contribution in [2.24, 2.45) is 0 Å². The molecule has 1 heterocycles. The number of rotatable bonds is 5. The highest BCUT2D eigenvalue weighted by atomic mass is 15.1. The van der Waals surface area contributed by atoms with Gasteiger partial charge < -0.3 is 9.88 Å². The van der Waals surface area contributed by atoms with Gasteiger partial charge in [-0.3, -0.25) is 0 Å². The summed E-state index contributed by atoms with van der Waals surface area (Å²) in [5.74, 6) is 0.485. The summed E-state index contributed by atoms with van der Waals surface area (Å²) in [6.45, 7) is 4.85. The van der Waals surface area contributed by atoms with E-state index < -0.39 is 0 Å². The van der Waals surface area contributed by atoms with Crippen molar-refractivity contribution in [1.29, 1.82) is 5.26 Å². The van der Waals surface area contributed by atoms with Crippen molar-refractivity contribution in [2.75, 3.05) is 13.1 Å². The minimum atomic E-state index is 0.485. The maximum atomic E-state index is 8.66. The first-order chi connectivity index (χ1) is 6.38. The van der Waals surface area contributed by atoms with Gasteiger partial charge in [-0.05, 0) is 13.0 Å². The lowest BCUT2D eigenvalue weighted by atomic mass is 10.4. The molecule has 0 aromatic carbocycles. The molecule has 1 aromatic rings. The summed E-state index contributed by atoms with van der Waals surface area (Å²) in [5, 5.41) is 11.9. The summed E-state index contributed by atoms with van der Waals surface area (Å²) in [4.78, 5) is 3.91. The fraction of sp³-hybridized carbons (Fsp3) is 0.556. The molecule has 1 rings (SSSR count). The van der Waals surface area contributed by atoms with E-state index >= 15 is 0 Å². The zero-order chi connectivity index (χ0) is 9.52. The van der Waals surface area contributed by atoms with Crippen LogP contribution >= 0.6 is 0 Å². The van der Waals surface area contributed by atoms with Gasteiger partial charge >= 0.3 is 0 Å². The molecule has 0 aliphatic rings. The van der Waals surface area contributed by atoms with Gasteiger partial charge in [0.2, 0.25) is 5.82 Å². The van der Waals surface area contributed by atoms with Gasteiger partial charge in [0.05, 0.1) is 0 Å². The number of nitrogens with zero attached hydrogens (tertiary/aromatic N) is 3. The molecule has 0 saturated heterocycles. The number of nitriles is 1. The average Bonchev–Trinajstić information content (AvgIpc) is 2.60. The molecule has 0 aliphatic heterocycles. The molecule has 0 spiro atoms. The highest BCUT2D eigenvalue weighted by Crippen LogP contribution is 1.93. The van der Waals surface area contributed by atoms with Gasteiger partial charge in [0.25, 0.3) is 0 Å². The van der Waals surface area contributed by atoms with E-state index in [1.165, 1.54) is 0 Å². The van der Waals surface area contributed by atoms with Crippen LogP contribution in [0.2, 0.25) is 0 Å². The third-order valence-corrected chi connectivity index (χ3v) is 1.77. The normalized spacial score (nSPS) is 9.85. The molecule has 0 atom stereocenters. The second kappa shape index (κ2) is 5.33. The van der Waals surface area contributed by atoms with Gasteiger partial charge in [-0.15, -0.1) is 0 Å². The number of nitrogens with one attached hydrogen (secondary N) is 1. The molecule has 0 unspecified atom stereocenters. The Hall–Kier alpha value is -1.34. The summed E-state index contributed by atoms with van der Waals surface area (Å²) in [6, 6.07) is 2.04. The minimum absolute atomic E-state index is 0.485. The van der Waals surface area contributed by atoms with Crippen molar-refractivity contribution < 1.29 is 0 Å². The molecule has 0 aliphatic carbocycles. The molecule has 0 saturated carbocycles. The van der Waals surface area contributed by atoms with Gasteiger partial charge in [-0.1, -0.05) is 6.92 Å². The first-order valence-corrected chi connectivity index (χ1v) is 4.50. The van der Waals surface area contributed by atoms with Crippen LogP contribution in [0.1, 0.15) is 19.2 Å². The Morgan fingerprint density at radius 3 is 3.15 bits per heavy atom. The first-order valence-electron chi connectivity index (χ1n) is 4.50. The zero-order valence-corrected chi connectivity index (χ0v) is 7.82. The maximum absolute atomic E-state index is 8.66. The van der Waals surface area contributed by atoms with Crippen LogP contribution < -0.4 is 5.32 Å². The predicted molar refractivity (Wildman–Crippen MR) is 50.1 cm³/mol. The van der Waals surface area contributed by atoms with Crippen LogP contribution in [0.5, 0.6) is 0 Å². The lowest BCUT2D eigenvalue weighted by molar-refractivity contribution is 0.590. The second-order valence-electron chi connectivity index (χ2n) is 2.81. The van der Waals surface area contributed by atoms with E-state index in [-0.39, 0.29) is 0 Å². The van der Waals surface area contributed by atoms with Gasteiger partial charge in [0, 0.05) is 25.5 Å². The van der Waals surface area contributed by atoms with E-state index in [1.54, 1.807) is 6.20 Å². The maximum Gasteiger partial charge on any atom is 0.212 e. The monoisotopic (exact) mass is 178 g/mol. The molecule has 0 bridgehead atoms.